The molecule has 0 aliphatic heterocycles. The monoisotopic (exact) mass is 290 g/mol. The molecule has 0 aromatic carbocycles. The fraction of sp³-hybridized carbons (Fsp3) is 0.231. The van der Waals surface area contributed by atoms with E-state index in [0.29, 0.717) is 16.9 Å². The first-order chi connectivity index (χ1) is 9.58. The highest BCUT2D eigenvalue weighted by atomic mass is 32.2. The third kappa shape index (κ3) is 3.67. The molecule has 0 aliphatic rings. The molecule has 0 atom stereocenters. The molecule has 0 aliphatic carbocycles. The zero-order chi connectivity index (χ0) is 14.5. The lowest BCUT2D eigenvalue weighted by Crippen LogP contribution is -2.18. The zero-order valence-corrected chi connectivity index (χ0v) is 12.1. The smallest absolute Gasteiger partial charge is 0.266 e. The summed E-state index contributed by atoms with van der Waals surface area (Å²) in [4.78, 5) is 19.8. The standard InChI is InChI=1S/C13H14N4O2S/c1-4-7-20-13-14-9(2)8-11(15-13)19-10-5-6-12(18)17(3)16-10/h4-6,8H,1,7H2,2-3H3. The van der Waals surface area contributed by atoms with Crippen LogP contribution in [-0.4, -0.2) is 25.5 Å². The molecule has 0 spiro atoms. The lowest BCUT2D eigenvalue weighted by atomic mass is 10.4. The van der Waals surface area contributed by atoms with Gasteiger partial charge in [-0.25, -0.2) is 9.67 Å². The van der Waals surface area contributed by atoms with Gasteiger partial charge in [0.05, 0.1) is 0 Å². The number of nitrogens with zero attached hydrogens (tertiary/aromatic N) is 4. The second-order valence-corrected chi connectivity index (χ2v) is 4.95. The van der Waals surface area contributed by atoms with Gasteiger partial charge >= 0.3 is 0 Å². The van der Waals surface area contributed by atoms with Gasteiger partial charge in [-0.05, 0) is 6.92 Å². The Morgan fingerprint density at radius 3 is 2.90 bits per heavy atom. The molecule has 2 aromatic heterocycles. The first kappa shape index (κ1) is 14.3. The Hall–Kier alpha value is -2.15. The first-order valence-corrected chi connectivity index (χ1v) is 6.88. The van der Waals surface area contributed by atoms with Gasteiger partial charge in [0, 0.05) is 36.7 Å². The highest BCUT2D eigenvalue weighted by molar-refractivity contribution is 7.99. The molecule has 0 fully saturated rings. The minimum absolute atomic E-state index is 0.196. The van der Waals surface area contributed by atoms with Gasteiger partial charge < -0.3 is 4.74 Å². The fourth-order valence-corrected chi connectivity index (χ4v) is 2.04. The van der Waals surface area contributed by atoms with Crippen LogP contribution in [0.3, 0.4) is 0 Å². The van der Waals surface area contributed by atoms with Gasteiger partial charge in [-0.15, -0.1) is 11.7 Å². The summed E-state index contributed by atoms with van der Waals surface area (Å²) in [6.45, 7) is 5.52. The van der Waals surface area contributed by atoms with Crippen LogP contribution in [0.15, 0.2) is 40.8 Å². The summed E-state index contributed by atoms with van der Waals surface area (Å²) in [6.07, 6.45) is 1.78. The second kappa shape index (κ2) is 6.33. The van der Waals surface area contributed by atoms with Crippen LogP contribution in [0.2, 0.25) is 0 Å². The van der Waals surface area contributed by atoms with Gasteiger partial charge in [-0.2, -0.15) is 4.98 Å². The highest BCUT2D eigenvalue weighted by Crippen LogP contribution is 2.21. The van der Waals surface area contributed by atoms with Crippen molar-refractivity contribution in [1.82, 2.24) is 19.7 Å². The van der Waals surface area contributed by atoms with Crippen molar-refractivity contribution in [2.24, 2.45) is 7.05 Å². The molecule has 6 nitrogen and oxygen atoms in total. The summed E-state index contributed by atoms with van der Waals surface area (Å²) in [5.74, 6) is 1.43. The Morgan fingerprint density at radius 1 is 1.40 bits per heavy atom. The number of rotatable bonds is 5. The molecule has 20 heavy (non-hydrogen) atoms. The highest BCUT2D eigenvalue weighted by Gasteiger charge is 2.06. The Morgan fingerprint density at radius 2 is 2.20 bits per heavy atom. The average Bonchev–Trinajstić information content (AvgIpc) is 2.40. The molecule has 0 saturated carbocycles. The van der Waals surface area contributed by atoms with E-state index in [0.717, 1.165) is 11.4 Å². The molecule has 0 amide bonds. The molecular weight excluding hydrogens is 276 g/mol. The number of aryl methyl sites for hydroxylation is 2. The maximum Gasteiger partial charge on any atom is 0.266 e. The summed E-state index contributed by atoms with van der Waals surface area (Å²) in [6, 6.07) is 4.62. The molecule has 2 aromatic rings. The van der Waals surface area contributed by atoms with Crippen LogP contribution in [0.4, 0.5) is 0 Å². The quantitative estimate of drug-likeness (QED) is 0.476. The van der Waals surface area contributed by atoms with Crippen molar-refractivity contribution in [3.63, 3.8) is 0 Å². The van der Waals surface area contributed by atoms with E-state index in [4.69, 9.17) is 4.74 Å². The molecule has 0 bridgehead atoms. The van der Waals surface area contributed by atoms with Crippen molar-refractivity contribution in [3.8, 4) is 11.8 Å². The number of hydrogen-bond donors (Lipinski definition) is 0. The first-order valence-electron chi connectivity index (χ1n) is 5.90. The molecule has 104 valence electrons. The predicted octanol–water partition coefficient (Wildman–Crippen LogP) is 1.95. The largest absolute Gasteiger partial charge is 0.419 e. The van der Waals surface area contributed by atoms with E-state index in [-0.39, 0.29) is 5.56 Å². The van der Waals surface area contributed by atoms with E-state index >= 15 is 0 Å². The Balaban J connectivity index is 2.23. The van der Waals surface area contributed by atoms with Crippen molar-refractivity contribution in [2.45, 2.75) is 12.1 Å². The minimum Gasteiger partial charge on any atom is -0.419 e. The van der Waals surface area contributed by atoms with Gasteiger partial charge in [0.2, 0.25) is 11.8 Å². The normalized spacial score (nSPS) is 10.3. The van der Waals surface area contributed by atoms with Crippen LogP contribution in [0.5, 0.6) is 11.8 Å². The minimum atomic E-state index is -0.196. The molecular formula is C13H14N4O2S. The second-order valence-electron chi connectivity index (χ2n) is 3.97. The SMILES string of the molecule is C=CCSc1nc(C)cc(Oc2ccc(=O)n(C)n2)n1. The van der Waals surface area contributed by atoms with E-state index in [1.807, 2.05) is 6.92 Å². The number of ether oxygens (including phenoxy) is 1. The van der Waals surface area contributed by atoms with E-state index in [9.17, 15) is 4.79 Å². The van der Waals surface area contributed by atoms with Crippen LogP contribution in [0.25, 0.3) is 0 Å². The summed E-state index contributed by atoms with van der Waals surface area (Å²) in [5, 5.41) is 4.60. The molecule has 2 heterocycles. The van der Waals surface area contributed by atoms with Gasteiger partial charge in [-0.3, -0.25) is 4.79 Å². The van der Waals surface area contributed by atoms with Crippen LogP contribution in [0, 0.1) is 6.92 Å². The summed E-state index contributed by atoms with van der Waals surface area (Å²) in [7, 11) is 1.56. The van der Waals surface area contributed by atoms with Crippen LogP contribution >= 0.6 is 11.8 Å². The third-order valence-electron chi connectivity index (χ3n) is 2.29. The molecule has 0 N–H and O–H groups in total. The van der Waals surface area contributed by atoms with E-state index in [1.54, 1.807) is 19.2 Å². The van der Waals surface area contributed by atoms with E-state index < -0.39 is 0 Å². The Bertz CT molecular complexity index is 684. The van der Waals surface area contributed by atoms with Crippen LogP contribution < -0.4 is 10.3 Å². The molecule has 0 radical (unpaired) electrons. The number of hydrogen-bond acceptors (Lipinski definition) is 6. The molecule has 2 rings (SSSR count). The topological polar surface area (TPSA) is 69.9 Å². The van der Waals surface area contributed by atoms with Crippen molar-refractivity contribution in [1.29, 1.82) is 0 Å². The van der Waals surface area contributed by atoms with Gasteiger partial charge in [0.15, 0.2) is 5.16 Å². The molecule has 0 saturated heterocycles. The van der Waals surface area contributed by atoms with Crippen molar-refractivity contribution in [2.75, 3.05) is 5.75 Å². The zero-order valence-electron chi connectivity index (χ0n) is 11.2. The van der Waals surface area contributed by atoms with Crippen LogP contribution in [0.1, 0.15) is 5.69 Å². The van der Waals surface area contributed by atoms with E-state index in [2.05, 4.69) is 21.6 Å². The predicted molar refractivity (Wildman–Crippen MR) is 77.2 cm³/mol. The maximum atomic E-state index is 11.3. The summed E-state index contributed by atoms with van der Waals surface area (Å²) in [5.41, 5.74) is 0.602. The number of thioether (sulfide) groups is 1. The van der Waals surface area contributed by atoms with Crippen LogP contribution in [-0.2, 0) is 7.05 Å². The Kier molecular flexibility index (Phi) is 4.52. The summed E-state index contributed by atoms with van der Waals surface area (Å²) < 4.78 is 6.76. The van der Waals surface area contributed by atoms with Gasteiger partial charge in [-0.1, -0.05) is 17.8 Å². The van der Waals surface area contributed by atoms with Gasteiger partial charge in [0.25, 0.3) is 5.56 Å². The third-order valence-corrected chi connectivity index (χ3v) is 3.13. The van der Waals surface area contributed by atoms with E-state index in [1.165, 1.54) is 28.6 Å². The molecule has 0 unspecified atom stereocenters. The van der Waals surface area contributed by atoms with Gasteiger partial charge in [0.1, 0.15) is 0 Å². The average molecular weight is 290 g/mol. The number of aromatic nitrogens is 4. The maximum absolute atomic E-state index is 11.3. The summed E-state index contributed by atoms with van der Waals surface area (Å²) >= 11 is 1.47. The van der Waals surface area contributed by atoms with Crippen molar-refractivity contribution < 1.29 is 4.74 Å². The van der Waals surface area contributed by atoms with Crippen molar-refractivity contribution in [3.05, 3.63) is 46.9 Å². The molecule has 7 heteroatoms. The lowest BCUT2D eigenvalue weighted by molar-refractivity contribution is 0.418. The van der Waals surface area contributed by atoms with Crippen molar-refractivity contribution >= 4 is 11.8 Å². The fourth-order valence-electron chi connectivity index (χ4n) is 1.41. The Labute approximate surface area is 120 Å². The lowest BCUT2D eigenvalue weighted by Gasteiger charge is -2.06.